The molecule has 0 spiro atoms. The SMILES string of the molecule is CCC(C)C1CCCC(NC(=O)CC(C(=O)NC2CCCC(C(C)CC)C2)C(CC(=O)NC2CCCC(C(C)CC)C2)C(=O)NC2CCCC(C(C)CC)C2)C1. The fourth-order valence-corrected chi connectivity index (χ4v) is 11.3. The number of hydrogen-bond acceptors (Lipinski definition) is 4. The number of rotatable bonds is 19. The van der Waals surface area contributed by atoms with Crippen LogP contribution in [0.4, 0.5) is 0 Å². The Hall–Kier alpha value is -2.12. The van der Waals surface area contributed by atoms with Gasteiger partial charge in [0.25, 0.3) is 0 Å². The van der Waals surface area contributed by atoms with Crippen LogP contribution in [0, 0.1) is 59.2 Å². The summed E-state index contributed by atoms with van der Waals surface area (Å²) in [6, 6.07) is 0.187. The second-order valence-electron chi connectivity index (χ2n) is 19.8. The zero-order chi connectivity index (χ0) is 40.8. The van der Waals surface area contributed by atoms with Crippen molar-refractivity contribution in [2.75, 3.05) is 0 Å². The lowest BCUT2D eigenvalue weighted by molar-refractivity contribution is -0.141. The molecule has 14 unspecified atom stereocenters. The molecule has 4 N–H and O–H groups in total. The van der Waals surface area contributed by atoms with E-state index in [1.807, 2.05) is 0 Å². The quantitative estimate of drug-likeness (QED) is 0.104. The van der Waals surface area contributed by atoms with Crippen LogP contribution in [0.2, 0.25) is 0 Å². The van der Waals surface area contributed by atoms with E-state index in [-0.39, 0.29) is 60.6 Å². The van der Waals surface area contributed by atoms with Crippen molar-refractivity contribution < 1.29 is 19.2 Å². The summed E-state index contributed by atoms with van der Waals surface area (Å²) in [5.41, 5.74) is 0. The molecule has 0 radical (unpaired) electrons. The van der Waals surface area contributed by atoms with Crippen LogP contribution in [0.3, 0.4) is 0 Å². The molecule has 0 aliphatic heterocycles. The van der Waals surface area contributed by atoms with Crippen LogP contribution in [0.25, 0.3) is 0 Å². The van der Waals surface area contributed by atoms with E-state index in [0.29, 0.717) is 47.3 Å². The highest BCUT2D eigenvalue weighted by Gasteiger charge is 2.41. The maximum atomic E-state index is 14.7. The Morgan fingerprint density at radius 1 is 0.411 bits per heavy atom. The van der Waals surface area contributed by atoms with Crippen molar-refractivity contribution in [3.8, 4) is 0 Å². The number of carbonyl (C=O) groups is 4. The predicted molar refractivity (Wildman–Crippen MR) is 230 cm³/mol. The van der Waals surface area contributed by atoms with Crippen LogP contribution in [0.1, 0.15) is 197 Å². The molecule has 0 aromatic rings. The molecule has 56 heavy (non-hydrogen) atoms. The van der Waals surface area contributed by atoms with Crippen molar-refractivity contribution in [3.05, 3.63) is 0 Å². The van der Waals surface area contributed by atoms with Gasteiger partial charge in [0.1, 0.15) is 0 Å². The molecule has 0 aromatic carbocycles. The Balaban J connectivity index is 1.59. The van der Waals surface area contributed by atoms with Crippen LogP contribution in [0.15, 0.2) is 0 Å². The van der Waals surface area contributed by atoms with Gasteiger partial charge in [-0.3, -0.25) is 19.2 Å². The van der Waals surface area contributed by atoms with Crippen LogP contribution < -0.4 is 21.3 Å². The van der Waals surface area contributed by atoms with Gasteiger partial charge in [0.2, 0.25) is 23.6 Å². The Kier molecular flexibility index (Phi) is 19.5. The molecule has 0 heterocycles. The second kappa shape index (κ2) is 23.5. The highest BCUT2D eigenvalue weighted by molar-refractivity contribution is 5.94. The molecular formula is C48H86N4O4. The molecule has 14 atom stereocenters. The van der Waals surface area contributed by atoms with Crippen LogP contribution in [-0.4, -0.2) is 47.8 Å². The van der Waals surface area contributed by atoms with E-state index in [1.165, 1.54) is 25.7 Å². The van der Waals surface area contributed by atoms with Gasteiger partial charge >= 0.3 is 0 Å². The molecule has 0 bridgehead atoms. The highest BCUT2D eigenvalue weighted by Crippen LogP contribution is 2.36. The first-order valence-electron chi connectivity index (χ1n) is 24.0. The lowest BCUT2D eigenvalue weighted by Gasteiger charge is -2.36. The Bertz CT molecular complexity index is 1130. The van der Waals surface area contributed by atoms with Gasteiger partial charge in [-0.25, -0.2) is 0 Å². The zero-order valence-corrected chi connectivity index (χ0v) is 37.3. The molecule has 0 saturated heterocycles. The minimum atomic E-state index is -0.924. The lowest BCUT2D eigenvalue weighted by atomic mass is 9.76. The zero-order valence-electron chi connectivity index (χ0n) is 37.3. The topological polar surface area (TPSA) is 116 Å². The van der Waals surface area contributed by atoms with Gasteiger partial charge in [-0.1, -0.05) is 132 Å². The van der Waals surface area contributed by atoms with Crippen molar-refractivity contribution >= 4 is 23.6 Å². The maximum absolute atomic E-state index is 14.7. The van der Waals surface area contributed by atoms with E-state index >= 15 is 0 Å². The second-order valence-corrected chi connectivity index (χ2v) is 19.8. The first-order valence-corrected chi connectivity index (χ1v) is 24.0. The first kappa shape index (κ1) is 46.6. The van der Waals surface area contributed by atoms with Crippen molar-refractivity contribution in [2.24, 2.45) is 59.2 Å². The smallest absolute Gasteiger partial charge is 0.224 e. The van der Waals surface area contributed by atoms with Gasteiger partial charge in [-0.2, -0.15) is 0 Å². The van der Waals surface area contributed by atoms with Crippen molar-refractivity contribution in [1.29, 1.82) is 0 Å². The third kappa shape index (κ3) is 14.0. The summed E-state index contributed by atoms with van der Waals surface area (Å²) in [5.74, 6) is 2.00. The fraction of sp³-hybridized carbons (Fsp3) is 0.917. The van der Waals surface area contributed by atoms with Gasteiger partial charge in [0.05, 0.1) is 11.8 Å². The lowest BCUT2D eigenvalue weighted by Crippen LogP contribution is -2.52. The van der Waals surface area contributed by atoms with Gasteiger partial charge in [0, 0.05) is 37.0 Å². The highest BCUT2D eigenvalue weighted by atomic mass is 16.2. The summed E-state index contributed by atoms with van der Waals surface area (Å²) in [6.45, 7) is 18.2. The molecular weight excluding hydrogens is 697 g/mol. The molecule has 4 rings (SSSR count). The van der Waals surface area contributed by atoms with Crippen molar-refractivity contribution in [1.82, 2.24) is 21.3 Å². The first-order chi connectivity index (χ1) is 26.8. The van der Waals surface area contributed by atoms with E-state index in [0.717, 1.165) is 103 Å². The number of hydrogen-bond donors (Lipinski definition) is 4. The molecule has 322 valence electrons. The van der Waals surface area contributed by atoms with Crippen molar-refractivity contribution in [2.45, 2.75) is 221 Å². The fourth-order valence-electron chi connectivity index (χ4n) is 11.3. The van der Waals surface area contributed by atoms with E-state index in [9.17, 15) is 19.2 Å². The Labute approximate surface area is 343 Å². The number of nitrogens with one attached hydrogen (secondary N) is 4. The van der Waals surface area contributed by atoms with E-state index in [1.54, 1.807) is 0 Å². The molecule has 4 fully saturated rings. The van der Waals surface area contributed by atoms with Crippen LogP contribution >= 0.6 is 0 Å². The third-order valence-corrected chi connectivity index (χ3v) is 16.0. The minimum absolute atomic E-state index is 0.0161. The summed E-state index contributed by atoms with van der Waals surface area (Å²) < 4.78 is 0. The van der Waals surface area contributed by atoms with E-state index < -0.39 is 11.8 Å². The maximum Gasteiger partial charge on any atom is 0.224 e. The van der Waals surface area contributed by atoms with Crippen molar-refractivity contribution in [3.63, 3.8) is 0 Å². The number of amides is 4. The van der Waals surface area contributed by atoms with Gasteiger partial charge in [0.15, 0.2) is 0 Å². The molecule has 0 aromatic heterocycles. The molecule has 4 aliphatic carbocycles. The molecule has 8 nitrogen and oxygen atoms in total. The molecule has 4 amide bonds. The average molecular weight is 783 g/mol. The molecule has 4 saturated carbocycles. The summed E-state index contributed by atoms with van der Waals surface area (Å²) in [6.07, 6.45) is 20.8. The third-order valence-electron chi connectivity index (χ3n) is 16.0. The standard InChI is InChI=1S/C48H86N4O4/c1-9-31(5)35-17-13-21-39(25-35)49-45(53)29-43(47(55)51-41-23-15-19-37(27-41)33(7)11-3)44(48(56)52-42-24-16-20-38(28-42)34(8)12-4)30-46(54)50-40-22-14-18-36(26-40)32(6)10-2/h31-44H,9-30H2,1-8H3,(H,49,53)(H,50,54)(H,51,55)(H,52,56). The summed E-state index contributed by atoms with van der Waals surface area (Å²) in [7, 11) is 0. The minimum Gasteiger partial charge on any atom is -0.353 e. The van der Waals surface area contributed by atoms with E-state index in [4.69, 9.17) is 0 Å². The van der Waals surface area contributed by atoms with Gasteiger partial charge in [-0.05, 0) is 98.7 Å². The van der Waals surface area contributed by atoms with Gasteiger partial charge < -0.3 is 21.3 Å². The van der Waals surface area contributed by atoms with Crippen LogP contribution in [0.5, 0.6) is 0 Å². The predicted octanol–water partition coefficient (Wildman–Crippen LogP) is 9.88. The average Bonchev–Trinajstić information content (AvgIpc) is 3.21. The van der Waals surface area contributed by atoms with Crippen LogP contribution in [-0.2, 0) is 19.2 Å². The van der Waals surface area contributed by atoms with E-state index in [2.05, 4.69) is 76.7 Å². The Morgan fingerprint density at radius 3 is 0.911 bits per heavy atom. The van der Waals surface area contributed by atoms with Gasteiger partial charge in [-0.15, -0.1) is 0 Å². The largest absolute Gasteiger partial charge is 0.353 e. The Morgan fingerprint density at radius 2 is 0.661 bits per heavy atom. The normalized spacial score (nSPS) is 31.8. The molecule has 4 aliphatic rings. The monoisotopic (exact) mass is 783 g/mol. The summed E-state index contributed by atoms with van der Waals surface area (Å²) in [5, 5.41) is 13.4. The number of carbonyl (C=O) groups excluding carboxylic acids is 4. The molecule has 8 heteroatoms. The summed E-state index contributed by atoms with van der Waals surface area (Å²) in [4.78, 5) is 57.6. The summed E-state index contributed by atoms with van der Waals surface area (Å²) >= 11 is 0.